The highest BCUT2D eigenvalue weighted by Crippen LogP contribution is 2.24. The van der Waals surface area contributed by atoms with Crippen LogP contribution in [0, 0.1) is 5.92 Å². The first-order valence-electron chi connectivity index (χ1n) is 8.56. The molecule has 0 spiro atoms. The summed E-state index contributed by atoms with van der Waals surface area (Å²) in [4.78, 5) is 12.5. The van der Waals surface area contributed by atoms with Crippen LogP contribution >= 0.6 is 11.6 Å². The van der Waals surface area contributed by atoms with Crippen LogP contribution in [-0.2, 0) is 19.6 Å². The number of sulfonamides is 1. The van der Waals surface area contributed by atoms with Crippen LogP contribution in [0.1, 0.15) is 26.2 Å². The number of piperidine rings is 1. The van der Waals surface area contributed by atoms with Gasteiger partial charge < -0.3 is 10.1 Å². The first-order valence-corrected chi connectivity index (χ1v) is 10.4. The molecule has 25 heavy (non-hydrogen) atoms. The van der Waals surface area contributed by atoms with Crippen molar-refractivity contribution in [3.05, 3.63) is 29.3 Å². The number of carbonyl (C=O) groups excluding carboxylic acids is 1. The maximum Gasteiger partial charge on any atom is 0.243 e. The molecule has 0 radical (unpaired) electrons. The molecular formula is C17H25ClN2O4S. The second kappa shape index (κ2) is 9.52. The van der Waals surface area contributed by atoms with Crippen molar-refractivity contribution >= 4 is 27.5 Å². The Morgan fingerprint density at radius 1 is 1.36 bits per heavy atom. The Kier molecular flexibility index (Phi) is 7.68. The molecule has 2 rings (SSSR count). The number of amides is 1. The van der Waals surface area contributed by atoms with Crippen molar-refractivity contribution in [1.29, 1.82) is 0 Å². The van der Waals surface area contributed by atoms with Gasteiger partial charge in [0, 0.05) is 37.9 Å². The fourth-order valence-electron chi connectivity index (χ4n) is 2.80. The summed E-state index contributed by atoms with van der Waals surface area (Å²) in [6, 6.07) is 6.10. The van der Waals surface area contributed by atoms with Gasteiger partial charge in [-0.15, -0.1) is 0 Å². The van der Waals surface area contributed by atoms with Gasteiger partial charge in [0.25, 0.3) is 0 Å². The van der Waals surface area contributed by atoms with Gasteiger partial charge in [0.1, 0.15) is 0 Å². The topological polar surface area (TPSA) is 75.7 Å². The minimum absolute atomic E-state index is 0.0903. The molecule has 1 atom stereocenters. The standard InChI is InChI=1S/C17H25ClN2O4S/c1-2-24-12-4-10-19-17(21)14-5-3-11-20(13-14)25(22,23)16-8-6-15(18)7-9-16/h6-9,14H,2-5,10-13H2,1H3,(H,19,21)/t14-/m0/s1. The second-order valence-corrected chi connectivity index (χ2v) is 8.37. The zero-order valence-corrected chi connectivity index (χ0v) is 16.0. The summed E-state index contributed by atoms with van der Waals surface area (Å²) in [5.74, 6) is -0.407. The molecule has 1 heterocycles. The number of hydrogen-bond acceptors (Lipinski definition) is 4. The van der Waals surface area contributed by atoms with Gasteiger partial charge in [0.05, 0.1) is 10.8 Å². The van der Waals surface area contributed by atoms with Crippen molar-refractivity contribution in [3.63, 3.8) is 0 Å². The first kappa shape index (κ1) is 20.2. The van der Waals surface area contributed by atoms with Crippen LogP contribution in [0.25, 0.3) is 0 Å². The summed E-state index contributed by atoms with van der Waals surface area (Å²) in [5.41, 5.74) is 0. The predicted octanol–water partition coefficient (Wildman–Crippen LogP) is 2.28. The summed E-state index contributed by atoms with van der Waals surface area (Å²) < 4.78 is 32.1. The molecule has 0 saturated carbocycles. The maximum absolute atomic E-state index is 12.7. The number of nitrogens with one attached hydrogen (secondary N) is 1. The lowest BCUT2D eigenvalue weighted by molar-refractivity contribution is -0.126. The molecule has 1 aliphatic heterocycles. The minimum atomic E-state index is -3.60. The van der Waals surface area contributed by atoms with E-state index < -0.39 is 10.0 Å². The van der Waals surface area contributed by atoms with Crippen molar-refractivity contribution < 1.29 is 17.9 Å². The quantitative estimate of drug-likeness (QED) is 0.693. The number of nitrogens with zero attached hydrogens (tertiary/aromatic N) is 1. The number of rotatable bonds is 8. The van der Waals surface area contributed by atoms with Gasteiger partial charge in [-0.05, 0) is 50.5 Å². The summed E-state index contributed by atoms with van der Waals surface area (Å²) in [5, 5.41) is 3.36. The number of halogens is 1. The highest BCUT2D eigenvalue weighted by molar-refractivity contribution is 7.89. The third-order valence-corrected chi connectivity index (χ3v) is 6.31. The summed E-state index contributed by atoms with van der Waals surface area (Å²) in [6.45, 7) is 4.38. The van der Waals surface area contributed by atoms with Crippen LogP contribution in [0.15, 0.2) is 29.2 Å². The highest BCUT2D eigenvalue weighted by atomic mass is 35.5. The zero-order chi connectivity index (χ0) is 18.3. The van der Waals surface area contributed by atoms with E-state index in [0.29, 0.717) is 44.2 Å². The molecule has 1 fully saturated rings. The van der Waals surface area contributed by atoms with Crippen LogP contribution in [0.2, 0.25) is 5.02 Å². The maximum atomic E-state index is 12.7. The molecule has 0 aliphatic carbocycles. The van der Waals surface area contributed by atoms with Gasteiger partial charge in [0.2, 0.25) is 15.9 Å². The third kappa shape index (κ3) is 5.67. The van der Waals surface area contributed by atoms with E-state index in [-0.39, 0.29) is 23.3 Å². The van der Waals surface area contributed by atoms with Gasteiger partial charge in [-0.3, -0.25) is 4.79 Å². The largest absolute Gasteiger partial charge is 0.382 e. The summed E-state index contributed by atoms with van der Waals surface area (Å²) >= 11 is 5.82. The third-order valence-electron chi connectivity index (χ3n) is 4.18. The van der Waals surface area contributed by atoms with Crippen LogP contribution < -0.4 is 5.32 Å². The number of carbonyl (C=O) groups is 1. The number of hydrogen-bond donors (Lipinski definition) is 1. The fourth-order valence-corrected chi connectivity index (χ4v) is 4.45. The summed E-state index contributed by atoms with van der Waals surface area (Å²) in [7, 11) is -3.60. The molecule has 0 bridgehead atoms. The Morgan fingerprint density at radius 3 is 2.76 bits per heavy atom. The van der Waals surface area contributed by atoms with E-state index >= 15 is 0 Å². The molecule has 0 unspecified atom stereocenters. The van der Waals surface area contributed by atoms with E-state index in [1.807, 2.05) is 6.92 Å². The molecule has 1 aromatic carbocycles. The van der Waals surface area contributed by atoms with Gasteiger partial charge in [-0.25, -0.2) is 8.42 Å². The van der Waals surface area contributed by atoms with Crippen molar-refractivity contribution in [3.8, 4) is 0 Å². The molecule has 8 heteroatoms. The van der Waals surface area contributed by atoms with Gasteiger partial charge in [0.15, 0.2) is 0 Å². The molecule has 1 N–H and O–H groups in total. The molecular weight excluding hydrogens is 364 g/mol. The van der Waals surface area contributed by atoms with Gasteiger partial charge in [-0.2, -0.15) is 4.31 Å². The molecule has 1 aromatic rings. The Labute approximate surface area is 154 Å². The number of benzene rings is 1. The van der Waals surface area contributed by atoms with Crippen LogP contribution in [0.4, 0.5) is 0 Å². The Bertz CT molecular complexity index is 664. The van der Waals surface area contributed by atoms with E-state index in [2.05, 4.69) is 5.32 Å². The monoisotopic (exact) mass is 388 g/mol. The van der Waals surface area contributed by atoms with E-state index in [1.165, 1.54) is 16.4 Å². The van der Waals surface area contributed by atoms with Gasteiger partial charge in [-0.1, -0.05) is 11.6 Å². The van der Waals surface area contributed by atoms with E-state index in [4.69, 9.17) is 16.3 Å². The molecule has 0 aromatic heterocycles. The average Bonchev–Trinajstić information content (AvgIpc) is 2.62. The lowest BCUT2D eigenvalue weighted by atomic mass is 9.99. The Morgan fingerprint density at radius 2 is 2.08 bits per heavy atom. The minimum Gasteiger partial charge on any atom is -0.382 e. The molecule has 1 amide bonds. The van der Waals surface area contributed by atoms with Crippen LogP contribution in [-0.4, -0.2) is 51.5 Å². The summed E-state index contributed by atoms with van der Waals surface area (Å²) in [6.07, 6.45) is 2.12. The Hall–Kier alpha value is -1.15. The second-order valence-electron chi connectivity index (χ2n) is 6.00. The van der Waals surface area contributed by atoms with Crippen molar-refractivity contribution in [2.24, 2.45) is 5.92 Å². The first-order chi connectivity index (χ1) is 11.9. The molecule has 1 aliphatic rings. The Balaban J connectivity index is 1.93. The van der Waals surface area contributed by atoms with Crippen LogP contribution in [0.3, 0.4) is 0 Å². The van der Waals surface area contributed by atoms with Crippen molar-refractivity contribution in [2.45, 2.75) is 31.1 Å². The zero-order valence-electron chi connectivity index (χ0n) is 14.4. The number of ether oxygens (including phenoxy) is 1. The molecule has 6 nitrogen and oxygen atoms in total. The lowest BCUT2D eigenvalue weighted by Crippen LogP contribution is -2.45. The predicted molar refractivity (Wildman–Crippen MR) is 97.1 cm³/mol. The normalized spacial score (nSPS) is 18.9. The van der Waals surface area contributed by atoms with Gasteiger partial charge >= 0.3 is 0 Å². The lowest BCUT2D eigenvalue weighted by Gasteiger charge is -2.31. The van der Waals surface area contributed by atoms with Crippen LogP contribution in [0.5, 0.6) is 0 Å². The van der Waals surface area contributed by atoms with Crippen molar-refractivity contribution in [1.82, 2.24) is 9.62 Å². The van der Waals surface area contributed by atoms with E-state index in [1.54, 1.807) is 12.1 Å². The van der Waals surface area contributed by atoms with Crippen molar-refractivity contribution in [2.75, 3.05) is 32.8 Å². The van der Waals surface area contributed by atoms with E-state index in [9.17, 15) is 13.2 Å². The van der Waals surface area contributed by atoms with E-state index in [0.717, 1.165) is 6.42 Å². The molecule has 140 valence electrons. The highest BCUT2D eigenvalue weighted by Gasteiger charge is 2.33. The smallest absolute Gasteiger partial charge is 0.243 e. The SMILES string of the molecule is CCOCCCNC(=O)[C@H]1CCCN(S(=O)(=O)c2ccc(Cl)cc2)C1. The molecule has 1 saturated heterocycles. The average molecular weight is 389 g/mol. The fraction of sp³-hybridized carbons (Fsp3) is 0.588.